The summed E-state index contributed by atoms with van der Waals surface area (Å²) < 4.78 is 29.0. The smallest absolute Gasteiger partial charge is 0.340 e. The van der Waals surface area contributed by atoms with Crippen molar-refractivity contribution in [3.8, 4) is 27.1 Å². The summed E-state index contributed by atoms with van der Waals surface area (Å²) in [6, 6.07) is 14.2. The molecule has 0 N–H and O–H groups in total. The number of carbonyl (C=O) groups excluding carboxylic acids is 4. The molecule has 53 heavy (non-hydrogen) atoms. The molecule has 12 heteroatoms. The number of hydrogen-bond acceptors (Lipinski definition) is 12. The van der Waals surface area contributed by atoms with Crippen molar-refractivity contribution in [2.45, 2.75) is 89.6 Å². The zero-order valence-corrected chi connectivity index (χ0v) is 31.4. The zero-order valence-electron chi connectivity index (χ0n) is 29.8. The van der Waals surface area contributed by atoms with Gasteiger partial charge in [0.25, 0.3) is 0 Å². The number of esters is 4. The molecule has 2 fully saturated rings. The predicted octanol–water partition coefficient (Wildman–Crippen LogP) is 9.50. The van der Waals surface area contributed by atoms with Gasteiger partial charge in [0.1, 0.15) is 33.9 Å². The lowest BCUT2D eigenvalue weighted by Gasteiger charge is -2.27. The Labute approximate surface area is 317 Å². The average Bonchev–Trinajstić information content (AvgIpc) is 3.89. The second kappa shape index (κ2) is 19.0. The summed E-state index contributed by atoms with van der Waals surface area (Å²) in [5.41, 5.74) is 0.793. The van der Waals surface area contributed by atoms with Crippen LogP contribution in [0.5, 0.6) is 17.2 Å². The Morgan fingerprint density at radius 3 is 2.19 bits per heavy atom. The summed E-state index contributed by atoms with van der Waals surface area (Å²) in [5, 5.41) is 2.72. The van der Waals surface area contributed by atoms with Crippen molar-refractivity contribution in [3.63, 3.8) is 0 Å². The van der Waals surface area contributed by atoms with Crippen LogP contribution < -0.4 is 14.2 Å². The zero-order chi connectivity index (χ0) is 37.0. The van der Waals surface area contributed by atoms with Crippen LogP contribution >= 0.6 is 22.7 Å². The number of hydrogen-bond donors (Lipinski definition) is 0. The Morgan fingerprint density at radius 1 is 0.774 bits per heavy atom. The van der Waals surface area contributed by atoms with Crippen LogP contribution in [0.1, 0.15) is 93.8 Å². The Hall–Kier alpha value is -4.55. The highest BCUT2D eigenvalue weighted by Crippen LogP contribution is 2.40. The maximum Gasteiger partial charge on any atom is 0.340 e. The molecule has 4 aromatic rings. The minimum Gasteiger partial charge on any atom is -0.494 e. The first-order valence-electron chi connectivity index (χ1n) is 18.5. The lowest BCUT2D eigenvalue weighted by molar-refractivity contribution is -0.141. The molecule has 0 spiro atoms. The minimum atomic E-state index is -0.483. The summed E-state index contributed by atoms with van der Waals surface area (Å²) in [5.74, 6) is -0.246. The molecule has 0 unspecified atom stereocenters. The number of nitrogens with zero attached hydrogens (tertiary/aromatic N) is 1. The van der Waals surface area contributed by atoms with E-state index in [4.69, 9.17) is 28.7 Å². The van der Waals surface area contributed by atoms with Gasteiger partial charge in [-0.15, -0.1) is 22.7 Å². The van der Waals surface area contributed by atoms with Gasteiger partial charge in [-0.1, -0.05) is 31.9 Å². The van der Waals surface area contributed by atoms with Gasteiger partial charge in [-0.2, -0.15) is 0 Å². The van der Waals surface area contributed by atoms with Gasteiger partial charge < -0.3 is 23.7 Å². The van der Waals surface area contributed by atoms with Gasteiger partial charge in [0.15, 0.2) is 0 Å². The van der Waals surface area contributed by atoms with Gasteiger partial charge in [0, 0.05) is 6.08 Å². The number of rotatable bonds is 16. The molecule has 2 aromatic heterocycles. The van der Waals surface area contributed by atoms with Crippen LogP contribution in [0.4, 0.5) is 0 Å². The second-order valence-corrected chi connectivity index (χ2v) is 15.4. The molecule has 0 radical (unpaired) electrons. The summed E-state index contributed by atoms with van der Waals surface area (Å²) in [4.78, 5) is 56.4. The van der Waals surface area contributed by atoms with E-state index in [1.165, 1.54) is 11.3 Å². The van der Waals surface area contributed by atoms with Crippen LogP contribution in [0.25, 0.3) is 20.1 Å². The first-order valence-corrected chi connectivity index (χ1v) is 20.2. The largest absolute Gasteiger partial charge is 0.494 e. The summed E-state index contributed by atoms with van der Waals surface area (Å²) in [7, 11) is 0. The Balaban J connectivity index is 0.972. The SMILES string of the molecule is C=CC(=O)OCCCCCCOc1ccc(OC(=O)C2CCC(OC(=O)c3ccc(OC(=O)C4CCCCC4)c4sc(-c5cccs5)nc34)CC2)cc1. The van der Waals surface area contributed by atoms with Gasteiger partial charge >= 0.3 is 23.9 Å². The average molecular weight is 760 g/mol. The van der Waals surface area contributed by atoms with Crippen molar-refractivity contribution in [2.24, 2.45) is 11.8 Å². The number of thiophene rings is 1. The predicted molar refractivity (Wildman–Crippen MR) is 204 cm³/mol. The molecule has 2 saturated carbocycles. The van der Waals surface area contributed by atoms with Crippen LogP contribution in [0.3, 0.4) is 0 Å². The van der Waals surface area contributed by atoms with E-state index in [0.717, 1.165) is 73.7 Å². The van der Waals surface area contributed by atoms with E-state index in [-0.39, 0.29) is 29.9 Å². The van der Waals surface area contributed by atoms with Crippen LogP contribution in [0.15, 0.2) is 66.6 Å². The fourth-order valence-corrected chi connectivity index (χ4v) is 8.52. The summed E-state index contributed by atoms with van der Waals surface area (Å²) in [6.45, 7) is 4.33. The van der Waals surface area contributed by atoms with Crippen LogP contribution in [0.2, 0.25) is 0 Å². The standard InChI is InChI=1S/C41H45NO9S2/c1-2-35(43)48-25-9-4-3-8-24-47-29-18-20-31(21-19-29)49-39(44)28-14-16-30(17-15-28)50-41(46)32-22-23-33(51-40(45)27-11-6-5-7-12-27)37-36(32)42-38(53-37)34-13-10-26-52-34/h2,10,13,18-23,26-28,30H,1,3-9,11-12,14-17,24-25H2. The van der Waals surface area contributed by atoms with Gasteiger partial charge in [-0.3, -0.25) is 9.59 Å². The quantitative estimate of drug-likeness (QED) is 0.0472. The molecule has 0 saturated heterocycles. The molecule has 2 aliphatic rings. The summed E-state index contributed by atoms with van der Waals surface area (Å²) in [6.07, 6.45) is 11.4. The molecular weight excluding hydrogens is 715 g/mol. The lowest BCUT2D eigenvalue weighted by Crippen LogP contribution is -2.30. The monoisotopic (exact) mass is 759 g/mol. The lowest BCUT2D eigenvalue weighted by atomic mass is 9.87. The third kappa shape index (κ3) is 10.5. The van der Waals surface area contributed by atoms with E-state index < -0.39 is 11.9 Å². The van der Waals surface area contributed by atoms with E-state index >= 15 is 0 Å². The molecule has 6 rings (SSSR count). The van der Waals surface area contributed by atoms with Crippen LogP contribution in [-0.4, -0.2) is 48.2 Å². The first-order chi connectivity index (χ1) is 25.9. The Morgan fingerprint density at radius 2 is 1.47 bits per heavy atom. The maximum atomic E-state index is 13.6. The van der Waals surface area contributed by atoms with Crippen molar-refractivity contribution in [1.82, 2.24) is 4.98 Å². The summed E-state index contributed by atoms with van der Waals surface area (Å²) >= 11 is 2.96. The Kier molecular flexibility index (Phi) is 13.7. The van der Waals surface area contributed by atoms with E-state index in [1.807, 2.05) is 17.5 Å². The topological polar surface area (TPSA) is 127 Å². The van der Waals surface area contributed by atoms with Gasteiger partial charge in [-0.05, 0) is 112 Å². The van der Waals surface area contributed by atoms with Gasteiger partial charge in [0.05, 0.1) is 40.2 Å². The molecule has 10 nitrogen and oxygen atoms in total. The highest BCUT2D eigenvalue weighted by Gasteiger charge is 2.31. The molecule has 0 bridgehead atoms. The number of unbranched alkanes of at least 4 members (excludes halogenated alkanes) is 3. The van der Waals surface area contributed by atoms with E-state index in [0.29, 0.717) is 71.9 Å². The molecule has 280 valence electrons. The highest BCUT2D eigenvalue weighted by atomic mass is 32.1. The number of aromatic nitrogens is 1. The fourth-order valence-electron chi connectivity index (χ4n) is 6.68. The number of benzene rings is 2. The first kappa shape index (κ1) is 38.2. The van der Waals surface area contributed by atoms with Crippen molar-refractivity contribution >= 4 is 56.8 Å². The van der Waals surface area contributed by atoms with E-state index in [9.17, 15) is 19.2 Å². The number of ether oxygens (including phenoxy) is 5. The number of carbonyl (C=O) groups is 4. The van der Waals surface area contributed by atoms with Crippen molar-refractivity contribution in [1.29, 1.82) is 0 Å². The molecule has 2 heterocycles. The molecule has 0 amide bonds. The Bertz CT molecular complexity index is 1850. The number of fused-ring (bicyclic) bond motifs is 1. The van der Waals surface area contributed by atoms with Crippen molar-refractivity contribution < 1.29 is 42.9 Å². The van der Waals surface area contributed by atoms with Crippen LogP contribution in [-0.2, 0) is 23.9 Å². The highest BCUT2D eigenvalue weighted by molar-refractivity contribution is 7.25. The molecular formula is C41H45NO9S2. The maximum absolute atomic E-state index is 13.6. The van der Waals surface area contributed by atoms with Gasteiger partial charge in [-0.25, -0.2) is 14.6 Å². The molecule has 0 aliphatic heterocycles. The van der Waals surface area contributed by atoms with Crippen LogP contribution in [0, 0.1) is 11.8 Å². The van der Waals surface area contributed by atoms with Gasteiger partial charge in [0.2, 0.25) is 0 Å². The second-order valence-electron chi connectivity index (χ2n) is 13.4. The third-order valence-corrected chi connectivity index (χ3v) is 11.8. The minimum absolute atomic E-state index is 0.109. The molecule has 2 aromatic carbocycles. The number of thiazole rings is 1. The molecule has 2 aliphatic carbocycles. The van der Waals surface area contributed by atoms with E-state index in [2.05, 4.69) is 6.58 Å². The normalized spacial score (nSPS) is 17.5. The van der Waals surface area contributed by atoms with Crippen molar-refractivity contribution in [3.05, 3.63) is 72.1 Å². The van der Waals surface area contributed by atoms with Crippen molar-refractivity contribution in [2.75, 3.05) is 13.2 Å². The fraction of sp³-hybridized carbons (Fsp3) is 0.439. The molecule has 0 atom stereocenters. The van der Waals surface area contributed by atoms with E-state index in [1.54, 1.807) is 47.7 Å². The third-order valence-electron chi connectivity index (χ3n) is 9.65.